The third kappa shape index (κ3) is 6.24. The van der Waals surface area contributed by atoms with Gasteiger partial charge in [0.05, 0.1) is 0 Å². The van der Waals surface area contributed by atoms with Crippen molar-refractivity contribution in [1.82, 2.24) is 10.3 Å². The summed E-state index contributed by atoms with van der Waals surface area (Å²) < 4.78 is 0. The molecular weight excluding hydrogens is 184 g/mol. The van der Waals surface area contributed by atoms with E-state index in [1.807, 2.05) is 12.3 Å². The van der Waals surface area contributed by atoms with Gasteiger partial charge in [-0.05, 0) is 50.4 Å². The van der Waals surface area contributed by atoms with Crippen LogP contribution in [0.2, 0.25) is 0 Å². The molecule has 0 aromatic carbocycles. The first-order valence-corrected chi connectivity index (χ1v) is 5.89. The molecule has 0 saturated heterocycles. The van der Waals surface area contributed by atoms with Gasteiger partial charge in [-0.3, -0.25) is 4.98 Å². The fraction of sp³-hybridized carbons (Fsp3) is 0.615. The van der Waals surface area contributed by atoms with Crippen LogP contribution in [0.1, 0.15) is 32.4 Å². The molecule has 0 aliphatic heterocycles. The highest BCUT2D eigenvalue weighted by atomic mass is 14.8. The molecule has 0 aliphatic rings. The maximum atomic E-state index is 4.30. The molecule has 0 aliphatic carbocycles. The van der Waals surface area contributed by atoms with Gasteiger partial charge in [-0.2, -0.15) is 0 Å². The van der Waals surface area contributed by atoms with Crippen LogP contribution in [0, 0.1) is 5.92 Å². The predicted octanol–water partition coefficient (Wildman–Crippen LogP) is 2.65. The topological polar surface area (TPSA) is 24.9 Å². The second-order valence-electron chi connectivity index (χ2n) is 4.38. The lowest BCUT2D eigenvalue weighted by Gasteiger charge is -2.06. The highest BCUT2D eigenvalue weighted by Crippen LogP contribution is 2.00. The fourth-order valence-electron chi connectivity index (χ4n) is 1.49. The first-order chi connectivity index (χ1) is 7.29. The number of nitrogens with zero attached hydrogens (tertiary/aromatic N) is 1. The van der Waals surface area contributed by atoms with Crippen molar-refractivity contribution in [1.29, 1.82) is 0 Å². The Morgan fingerprint density at radius 2 is 2.13 bits per heavy atom. The smallest absolute Gasteiger partial charge is 0.0403 e. The van der Waals surface area contributed by atoms with Gasteiger partial charge in [0.25, 0.3) is 0 Å². The number of pyridine rings is 1. The van der Waals surface area contributed by atoms with Gasteiger partial charge < -0.3 is 5.32 Å². The van der Waals surface area contributed by atoms with E-state index in [0.717, 1.165) is 25.4 Å². The Labute approximate surface area is 93.1 Å². The van der Waals surface area contributed by atoms with E-state index < -0.39 is 0 Å². The third-order valence-corrected chi connectivity index (χ3v) is 2.32. The molecule has 0 amide bonds. The van der Waals surface area contributed by atoms with Crippen LogP contribution < -0.4 is 5.32 Å². The molecule has 84 valence electrons. The van der Waals surface area contributed by atoms with Gasteiger partial charge in [0.1, 0.15) is 0 Å². The standard InChI is InChI=1S/C13H22N2/c1-12(2)11-14-9-5-3-7-13-8-4-6-10-15-13/h4,6,8,10,12,14H,3,5,7,9,11H2,1-2H3. The van der Waals surface area contributed by atoms with Gasteiger partial charge >= 0.3 is 0 Å². The Hall–Kier alpha value is -0.890. The maximum absolute atomic E-state index is 4.30. The largest absolute Gasteiger partial charge is 0.316 e. The van der Waals surface area contributed by atoms with Crippen molar-refractivity contribution in [2.45, 2.75) is 33.1 Å². The Bertz CT molecular complexity index is 244. The van der Waals surface area contributed by atoms with Crippen LogP contribution in [-0.4, -0.2) is 18.1 Å². The molecule has 1 aromatic heterocycles. The second kappa shape index (κ2) is 7.41. The lowest BCUT2D eigenvalue weighted by Crippen LogP contribution is -2.20. The highest BCUT2D eigenvalue weighted by molar-refractivity contribution is 5.03. The van der Waals surface area contributed by atoms with E-state index >= 15 is 0 Å². The second-order valence-corrected chi connectivity index (χ2v) is 4.38. The number of nitrogens with one attached hydrogen (secondary N) is 1. The van der Waals surface area contributed by atoms with Crippen LogP contribution in [0.15, 0.2) is 24.4 Å². The molecule has 0 bridgehead atoms. The van der Waals surface area contributed by atoms with Crippen molar-refractivity contribution in [2.24, 2.45) is 5.92 Å². The Morgan fingerprint density at radius 1 is 1.27 bits per heavy atom. The van der Waals surface area contributed by atoms with Crippen LogP contribution in [0.25, 0.3) is 0 Å². The molecular formula is C13H22N2. The first kappa shape index (κ1) is 12.2. The minimum absolute atomic E-state index is 0.751. The van der Waals surface area contributed by atoms with E-state index in [0.29, 0.717) is 0 Å². The summed E-state index contributed by atoms with van der Waals surface area (Å²) in [6.07, 6.45) is 5.43. The summed E-state index contributed by atoms with van der Waals surface area (Å²) in [5, 5.41) is 3.45. The number of hydrogen-bond donors (Lipinski definition) is 1. The molecule has 1 N–H and O–H groups in total. The minimum atomic E-state index is 0.751. The summed E-state index contributed by atoms with van der Waals surface area (Å²) in [5.74, 6) is 0.751. The molecule has 0 radical (unpaired) electrons. The molecule has 2 heteroatoms. The normalized spacial score (nSPS) is 10.9. The lowest BCUT2D eigenvalue weighted by molar-refractivity contribution is 0.535. The van der Waals surface area contributed by atoms with E-state index in [2.05, 4.69) is 36.3 Å². The van der Waals surface area contributed by atoms with E-state index in [9.17, 15) is 0 Å². The minimum Gasteiger partial charge on any atom is -0.316 e. The Kier molecular flexibility index (Phi) is 6.02. The maximum Gasteiger partial charge on any atom is 0.0403 e. The molecule has 0 unspecified atom stereocenters. The summed E-state index contributed by atoms with van der Waals surface area (Å²) >= 11 is 0. The molecule has 2 nitrogen and oxygen atoms in total. The van der Waals surface area contributed by atoms with Gasteiger partial charge in [0.15, 0.2) is 0 Å². The van der Waals surface area contributed by atoms with Gasteiger partial charge in [0.2, 0.25) is 0 Å². The number of rotatable bonds is 7. The van der Waals surface area contributed by atoms with E-state index in [1.165, 1.54) is 18.5 Å². The van der Waals surface area contributed by atoms with Gasteiger partial charge in [-0.25, -0.2) is 0 Å². The SMILES string of the molecule is CC(C)CNCCCCc1ccccn1. The molecule has 15 heavy (non-hydrogen) atoms. The molecule has 0 atom stereocenters. The summed E-state index contributed by atoms with van der Waals surface area (Å²) in [4.78, 5) is 4.30. The van der Waals surface area contributed by atoms with Crippen LogP contribution in [0.4, 0.5) is 0 Å². The molecule has 1 rings (SSSR count). The van der Waals surface area contributed by atoms with Crippen molar-refractivity contribution in [2.75, 3.05) is 13.1 Å². The van der Waals surface area contributed by atoms with Crippen molar-refractivity contribution in [3.8, 4) is 0 Å². The van der Waals surface area contributed by atoms with Gasteiger partial charge in [-0.15, -0.1) is 0 Å². The summed E-state index contributed by atoms with van der Waals surface area (Å²) in [6, 6.07) is 6.12. The van der Waals surface area contributed by atoms with Gasteiger partial charge in [0, 0.05) is 11.9 Å². The van der Waals surface area contributed by atoms with Crippen LogP contribution in [0.5, 0.6) is 0 Å². The Balaban J connectivity index is 1.98. The average Bonchev–Trinajstić information content (AvgIpc) is 2.24. The number of hydrogen-bond acceptors (Lipinski definition) is 2. The zero-order valence-corrected chi connectivity index (χ0v) is 9.87. The van der Waals surface area contributed by atoms with Crippen molar-refractivity contribution < 1.29 is 0 Å². The van der Waals surface area contributed by atoms with Crippen molar-refractivity contribution in [3.05, 3.63) is 30.1 Å². The quantitative estimate of drug-likeness (QED) is 0.694. The third-order valence-electron chi connectivity index (χ3n) is 2.32. The molecule has 0 saturated carbocycles. The highest BCUT2D eigenvalue weighted by Gasteiger charge is 1.94. The van der Waals surface area contributed by atoms with Crippen molar-refractivity contribution >= 4 is 0 Å². The summed E-state index contributed by atoms with van der Waals surface area (Å²) in [7, 11) is 0. The summed E-state index contributed by atoms with van der Waals surface area (Å²) in [6.45, 7) is 6.73. The van der Waals surface area contributed by atoms with Crippen molar-refractivity contribution in [3.63, 3.8) is 0 Å². The average molecular weight is 206 g/mol. The van der Waals surface area contributed by atoms with E-state index in [-0.39, 0.29) is 0 Å². The predicted molar refractivity (Wildman–Crippen MR) is 64.9 cm³/mol. The summed E-state index contributed by atoms with van der Waals surface area (Å²) in [5.41, 5.74) is 1.21. The van der Waals surface area contributed by atoms with Crippen LogP contribution in [-0.2, 0) is 6.42 Å². The molecule has 0 spiro atoms. The number of unbranched alkanes of at least 4 members (excludes halogenated alkanes) is 1. The molecule has 1 aromatic rings. The zero-order chi connectivity index (χ0) is 10.9. The Morgan fingerprint density at radius 3 is 2.80 bits per heavy atom. The van der Waals surface area contributed by atoms with Gasteiger partial charge in [-0.1, -0.05) is 19.9 Å². The lowest BCUT2D eigenvalue weighted by atomic mass is 10.1. The molecule has 0 fully saturated rings. The molecule has 1 heterocycles. The fourth-order valence-corrected chi connectivity index (χ4v) is 1.49. The van der Waals surface area contributed by atoms with E-state index in [4.69, 9.17) is 0 Å². The first-order valence-electron chi connectivity index (χ1n) is 5.89. The van der Waals surface area contributed by atoms with Crippen LogP contribution in [0.3, 0.4) is 0 Å². The number of aromatic nitrogens is 1. The van der Waals surface area contributed by atoms with Crippen LogP contribution >= 0.6 is 0 Å². The monoisotopic (exact) mass is 206 g/mol. The van der Waals surface area contributed by atoms with E-state index in [1.54, 1.807) is 0 Å². The zero-order valence-electron chi connectivity index (χ0n) is 9.87. The number of aryl methyl sites for hydroxylation is 1.